The molecule has 0 saturated heterocycles. The first-order valence-electron chi connectivity index (χ1n) is 12.5. The van der Waals surface area contributed by atoms with E-state index in [0.717, 1.165) is 9.87 Å². The molecule has 3 aromatic carbocycles. The summed E-state index contributed by atoms with van der Waals surface area (Å²) in [5.41, 5.74) is 2.64. The van der Waals surface area contributed by atoms with Crippen molar-refractivity contribution in [1.29, 1.82) is 0 Å². The molecule has 0 radical (unpaired) electrons. The topological polar surface area (TPSA) is 86.8 Å². The fourth-order valence-electron chi connectivity index (χ4n) is 4.32. The van der Waals surface area contributed by atoms with E-state index in [1.54, 1.807) is 63.2 Å². The van der Waals surface area contributed by atoms with E-state index >= 15 is 0 Å². The van der Waals surface area contributed by atoms with Crippen molar-refractivity contribution in [3.05, 3.63) is 95.3 Å². The number of nitrogens with zero attached hydrogens (tertiary/aromatic N) is 2. The van der Waals surface area contributed by atoms with Crippen molar-refractivity contribution < 1.29 is 22.4 Å². The van der Waals surface area contributed by atoms with Gasteiger partial charge in [0.1, 0.15) is 18.4 Å². The predicted octanol–water partition coefficient (Wildman–Crippen LogP) is 4.58. The molecule has 0 saturated carbocycles. The van der Waals surface area contributed by atoms with E-state index in [9.17, 15) is 22.4 Å². The number of rotatable bonds is 11. The SMILES string of the molecule is CCNC(=O)C(CC)N(Cc1ccc(F)cc1)C(=O)CN(c1ccc(C)cc1C)S(=O)(=O)c1ccccc1. The van der Waals surface area contributed by atoms with Gasteiger partial charge >= 0.3 is 0 Å². The minimum absolute atomic E-state index is 0.0147. The molecule has 9 heteroatoms. The van der Waals surface area contributed by atoms with Crippen LogP contribution in [0.25, 0.3) is 0 Å². The molecular formula is C29H34FN3O4S. The van der Waals surface area contributed by atoms with Crippen LogP contribution in [-0.4, -0.2) is 44.3 Å². The number of carbonyl (C=O) groups is 2. The van der Waals surface area contributed by atoms with Crippen LogP contribution >= 0.6 is 0 Å². The van der Waals surface area contributed by atoms with Gasteiger partial charge in [-0.2, -0.15) is 0 Å². The third kappa shape index (κ3) is 6.77. The van der Waals surface area contributed by atoms with Crippen molar-refractivity contribution in [2.75, 3.05) is 17.4 Å². The lowest BCUT2D eigenvalue weighted by atomic mass is 10.1. The van der Waals surface area contributed by atoms with Crippen molar-refractivity contribution in [3.63, 3.8) is 0 Å². The number of aryl methyl sites for hydroxylation is 2. The summed E-state index contributed by atoms with van der Waals surface area (Å²) >= 11 is 0. The zero-order valence-corrected chi connectivity index (χ0v) is 23.0. The molecule has 1 unspecified atom stereocenters. The lowest BCUT2D eigenvalue weighted by molar-refractivity contribution is -0.140. The van der Waals surface area contributed by atoms with Crippen LogP contribution in [0.1, 0.15) is 37.0 Å². The zero-order valence-electron chi connectivity index (χ0n) is 22.1. The first kappa shape index (κ1) is 28.8. The van der Waals surface area contributed by atoms with Crippen molar-refractivity contribution in [2.24, 2.45) is 0 Å². The van der Waals surface area contributed by atoms with Gasteiger partial charge in [0.15, 0.2) is 0 Å². The van der Waals surface area contributed by atoms with Crippen molar-refractivity contribution in [3.8, 4) is 0 Å². The molecule has 0 aliphatic rings. The van der Waals surface area contributed by atoms with Crippen molar-refractivity contribution in [2.45, 2.75) is 51.6 Å². The van der Waals surface area contributed by atoms with E-state index in [2.05, 4.69) is 5.32 Å². The third-order valence-corrected chi connectivity index (χ3v) is 8.01. The lowest BCUT2D eigenvalue weighted by Crippen LogP contribution is -2.52. The van der Waals surface area contributed by atoms with Crippen LogP contribution in [0.4, 0.5) is 10.1 Å². The van der Waals surface area contributed by atoms with Gasteiger partial charge in [-0.3, -0.25) is 13.9 Å². The Kier molecular flexibility index (Phi) is 9.63. The van der Waals surface area contributed by atoms with Gasteiger partial charge < -0.3 is 10.2 Å². The Hall–Kier alpha value is -3.72. The van der Waals surface area contributed by atoms with Crippen molar-refractivity contribution >= 4 is 27.5 Å². The lowest BCUT2D eigenvalue weighted by Gasteiger charge is -2.33. The summed E-state index contributed by atoms with van der Waals surface area (Å²) < 4.78 is 42.3. The molecule has 0 bridgehead atoms. The molecule has 2 amide bonds. The second kappa shape index (κ2) is 12.7. The Bertz CT molecular complexity index is 1360. The molecule has 7 nitrogen and oxygen atoms in total. The minimum atomic E-state index is -4.12. The Balaban J connectivity index is 2.08. The third-order valence-electron chi connectivity index (χ3n) is 6.23. The van der Waals surface area contributed by atoms with Gasteiger partial charge in [-0.25, -0.2) is 12.8 Å². The van der Waals surface area contributed by atoms with Crippen LogP contribution in [0.3, 0.4) is 0 Å². The van der Waals surface area contributed by atoms with Crippen LogP contribution < -0.4 is 9.62 Å². The molecule has 3 rings (SSSR count). The average molecular weight is 540 g/mol. The standard InChI is InChI=1S/C29H34FN3O4S/c1-5-26(29(35)31-6-2)32(19-23-13-15-24(30)16-14-23)28(34)20-33(27-17-12-21(3)18-22(27)4)38(36,37)25-10-8-7-9-11-25/h7-18,26H,5-6,19-20H2,1-4H3,(H,31,35). The minimum Gasteiger partial charge on any atom is -0.355 e. The van der Waals surface area contributed by atoms with Gasteiger partial charge in [-0.1, -0.05) is 55.0 Å². The molecule has 3 aromatic rings. The molecule has 38 heavy (non-hydrogen) atoms. The largest absolute Gasteiger partial charge is 0.355 e. The summed E-state index contributed by atoms with van der Waals surface area (Å²) in [6, 6.07) is 18.1. The maximum Gasteiger partial charge on any atom is 0.264 e. The molecule has 1 N–H and O–H groups in total. The average Bonchev–Trinajstić information content (AvgIpc) is 2.89. The van der Waals surface area contributed by atoms with Gasteiger partial charge in [-0.15, -0.1) is 0 Å². The number of carbonyl (C=O) groups excluding carboxylic acids is 2. The first-order valence-corrected chi connectivity index (χ1v) is 14.0. The molecular weight excluding hydrogens is 505 g/mol. The maximum atomic E-state index is 13.9. The van der Waals surface area contributed by atoms with Crippen molar-refractivity contribution in [1.82, 2.24) is 10.2 Å². The van der Waals surface area contributed by atoms with Gasteiger partial charge in [0, 0.05) is 13.1 Å². The number of benzene rings is 3. The second-order valence-corrected chi connectivity index (χ2v) is 10.9. The Morgan fingerprint density at radius 1 is 0.947 bits per heavy atom. The van der Waals surface area contributed by atoms with E-state index in [0.29, 0.717) is 29.8 Å². The predicted molar refractivity (Wildman–Crippen MR) is 147 cm³/mol. The highest BCUT2D eigenvalue weighted by molar-refractivity contribution is 7.92. The number of anilines is 1. The zero-order chi connectivity index (χ0) is 27.9. The second-order valence-electron chi connectivity index (χ2n) is 9.08. The van der Waals surface area contributed by atoms with E-state index in [1.165, 1.54) is 29.2 Å². The molecule has 0 fully saturated rings. The number of sulfonamides is 1. The van der Waals surface area contributed by atoms with Gasteiger partial charge in [0.2, 0.25) is 11.8 Å². The summed E-state index contributed by atoms with van der Waals surface area (Å²) in [5, 5.41) is 2.76. The molecule has 0 aromatic heterocycles. The number of hydrogen-bond donors (Lipinski definition) is 1. The van der Waals surface area contributed by atoms with Crippen LogP contribution in [0, 0.1) is 19.7 Å². The van der Waals surface area contributed by atoms with Gasteiger partial charge in [0.05, 0.1) is 10.6 Å². The summed E-state index contributed by atoms with van der Waals surface area (Å²) in [6.07, 6.45) is 0.313. The van der Waals surface area contributed by atoms with Gasteiger partial charge in [-0.05, 0) is 68.7 Å². The highest BCUT2D eigenvalue weighted by Crippen LogP contribution is 2.28. The number of amides is 2. The van der Waals surface area contributed by atoms with E-state index < -0.39 is 34.3 Å². The summed E-state index contributed by atoms with van der Waals surface area (Å²) in [7, 11) is -4.12. The number of halogens is 1. The summed E-state index contributed by atoms with van der Waals surface area (Å²) in [5.74, 6) is -1.31. The summed E-state index contributed by atoms with van der Waals surface area (Å²) in [6.45, 7) is 7.14. The molecule has 0 spiro atoms. The van der Waals surface area contributed by atoms with E-state index in [-0.39, 0.29) is 17.3 Å². The highest BCUT2D eigenvalue weighted by atomic mass is 32.2. The highest BCUT2D eigenvalue weighted by Gasteiger charge is 2.34. The van der Waals surface area contributed by atoms with Gasteiger partial charge in [0.25, 0.3) is 10.0 Å². The Labute approximate surface area is 224 Å². The number of likely N-dealkylation sites (N-methyl/N-ethyl adjacent to an activating group) is 1. The Morgan fingerprint density at radius 3 is 2.18 bits per heavy atom. The van der Waals surface area contributed by atoms with Crippen LogP contribution in [-0.2, 0) is 26.2 Å². The van der Waals surface area contributed by atoms with E-state index in [1.807, 2.05) is 13.0 Å². The Morgan fingerprint density at radius 2 is 1.61 bits per heavy atom. The number of hydrogen-bond acceptors (Lipinski definition) is 4. The quantitative estimate of drug-likeness (QED) is 0.387. The fraction of sp³-hybridized carbons (Fsp3) is 0.310. The fourth-order valence-corrected chi connectivity index (χ4v) is 5.82. The molecule has 0 aliphatic carbocycles. The van der Waals surface area contributed by atoms with Crippen LogP contribution in [0.15, 0.2) is 77.7 Å². The van der Waals surface area contributed by atoms with Crippen LogP contribution in [0.2, 0.25) is 0 Å². The first-order chi connectivity index (χ1) is 18.1. The smallest absolute Gasteiger partial charge is 0.264 e. The summed E-state index contributed by atoms with van der Waals surface area (Å²) in [4.78, 5) is 28.3. The maximum absolute atomic E-state index is 13.9. The van der Waals surface area contributed by atoms with E-state index in [4.69, 9.17) is 0 Å². The molecule has 0 aliphatic heterocycles. The van der Waals surface area contributed by atoms with Crippen LogP contribution in [0.5, 0.6) is 0 Å². The molecule has 1 atom stereocenters. The molecule has 202 valence electrons. The monoisotopic (exact) mass is 539 g/mol. The molecule has 0 heterocycles. The normalized spacial score (nSPS) is 12.0. The number of nitrogens with one attached hydrogen (secondary N) is 1.